The summed E-state index contributed by atoms with van der Waals surface area (Å²) < 4.78 is 0. The summed E-state index contributed by atoms with van der Waals surface area (Å²) in [5, 5.41) is 3.41. The zero-order valence-electron chi connectivity index (χ0n) is 11.7. The van der Waals surface area contributed by atoms with Gasteiger partial charge in [-0.1, -0.05) is 0 Å². The predicted octanol–water partition coefficient (Wildman–Crippen LogP) is 2.02. The quantitative estimate of drug-likeness (QED) is 0.828. The molecule has 2 aliphatic carbocycles. The Hall–Kier alpha value is -0.570. The molecule has 1 unspecified atom stereocenters. The highest BCUT2D eigenvalue weighted by molar-refractivity contribution is 5.83. The van der Waals surface area contributed by atoms with Gasteiger partial charge in [0.2, 0.25) is 5.91 Å². The van der Waals surface area contributed by atoms with Gasteiger partial charge >= 0.3 is 0 Å². The maximum atomic E-state index is 12.7. The summed E-state index contributed by atoms with van der Waals surface area (Å²) in [7, 11) is 0. The Bertz CT molecular complexity index is 329. The van der Waals surface area contributed by atoms with Crippen molar-refractivity contribution in [2.45, 2.75) is 52.0 Å². The summed E-state index contributed by atoms with van der Waals surface area (Å²) in [6, 6.07) is 0.373. The molecule has 102 valence electrons. The molecular formula is C15H26N2O. The summed E-state index contributed by atoms with van der Waals surface area (Å²) in [5.41, 5.74) is 0.388. The Labute approximate surface area is 110 Å². The lowest BCUT2D eigenvalue weighted by Crippen LogP contribution is -2.41. The fourth-order valence-electron chi connectivity index (χ4n) is 3.51. The number of carbonyl (C=O) groups excluding carboxylic acids is 1. The Morgan fingerprint density at radius 3 is 2.56 bits per heavy atom. The third-order valence-corrected chi connectivity index (χ3v) is 5.15. The maximum absolute atomic E-state index is 12.7. The molecule has 1 amide bonds. The minimum atomic E-state index is 0.348. The summed E-state index contributed by atoms with van der Waals surface area (Å²) >= 11 is 0. The molecule has 1 spiro atoms. The van der Waals surface area contributed by atoms with Crippen molar-refractivity contribution in [3.05, 3.63) is 0 Å². The van der Waals surface area contributed by atoms with E-state index in [4.69, 9.17) is 0 Å². The molecule has 3 heteroatoms. The van der Waals surface area contributed by atoms with E-state index in [-0.39, 0.29) is 0 Å². The van der Waals surface area contributed by atoms with Gasteiger partial charge in [-0.2, -0.15) is 0 Å². The zero-order chi connectivity index (χ0) is 12.8. The first-order valence-corrected chi connectivity index (χ1v) is 7.63. The summed E-state index contributed by atoms with van der Waals surface area (Å²) in [5.74, 6) is 1.61. The molecule has 18 heavy (non-hydrogen) atoms. The van der Waals surface area contributed by atoms with Crippen LogP contribution in [0.25, 0.3) is 0 Å². The average molecular weight is 250 g/mol. The highest BCUT2D eigenvalue weighted by Gasteiger charge is 2.58. The van der Waals surface area contributed by atoms with Gasteiger partial charge in [-0.3, -0.25) is 4.79 Å². The summed E-state index contributed by atoms with van der Waals surface area (Å²) in [6.45, 7) is 7.55. The standard InChI is InChI=1S/C15H26N2O/c1-11(2)17(10-12-3-4-12)14(18)13-9-15(13)5-7-16-8-6-15/h11-13,16H,3-10H2,1-2H3. The molecular weight excluding hydrogens is 224 g/mol. The molecule has 1 aliphatic heterocycles. The van der Waals surface area contributed by atoms with E-state index in [0.717, 1.165) is 32.0 Å². The molecule has 0 bridgehead atoms. The first-order valence-electron chi connectivity index (χ1n) is 7.63. The SMILES string of the molecule is CC(C)N(CC1CC1)C(=O)C1CC12CCNCC2. The van der Waals surface area contributed by atoms with Gasteiger partial charge in [0.15, 0.2) is 0 Å². The Balaban J connectivity index is 1.62. The van der Waals surface area contributed by atoms with E-state index in [1.54, 1.807) is 0 Å². The number of hydrogen-bond acceptors (Lipinski definition) is 2. The fourth-order valence-corrected chi connectivity index (χ4v) is 3.51. The molecule has 0 aromatic rings. The van der Waals surface area contributed by atoms with Crippen LogP contribution in [-0.4, -0.2) is 36.5 Å². The van der Waals surface area contributed by atoms with Gasteiger partial charge in [0.05, 0.1) is 0 Å². The van der Waals surface area contributed by atoms with Crippen LogP contribution in [0.4, 0.5) is 0 Å². The highest BCUT2D eigenvalue weighted by Crippen LogP contribution is 2.59. The van der Waals surface area contributed by atoms with Crippen molar-refractivity contribution >= 4 is 5.91 Å². The first-order chi connectivity index (χ1) is 8.62. The molecule has 0 radical (unpaired) electrons. The van der Waals surface area contributed by atoms with Gasteiger partial charge in [-0.05, 0) is 70.4 Å². The van der Waals surface area contributed by atoms with Gasteiger partial charge in [-0.25, -0.2) is 0 Å². The van der Waals surface area contributed by atoms with E-state index >= 15 is 0 Å². The number of hydrogen-bond donors (Lipinski definition) is 1. The molecule has 0 aromatic carbocycles. The molecule has 1 saturated heterocycles. The van der Waals surface area contributed by atoms with Crippen LogP contribution in [0.2, 0.25) is 0 Å². The number of carbonyl (C=O) groups is 1. The first kappa shape index (κ1) is 12.5. The van der Waals surface area contributed by atoms with Crippen LogP contribution < -0.4 is 5.32 Å². The van der Waals surface area contributed by atoms with Gasteiger partial charge in [0, 0.05) is 18.5 Å². The smallest absolute Gasteiger partial charge is 0.226 e. The lowest BCUT2D eigenvalue weighted by atomic mass is 9.91. The normalized spacial score (nSPS) is 29.6. The Kier molecular flexibility index (Phi) is 3.13. The lowest BCUT2D eigenvalue weighted by molar-refractivity contribution is -0.135. The third kappa shape index (κ3) is 2.29. The second-order valence-corrected chi connectivity index (χ2v) is 6.90. The highest BCUT2D eigenvalue weighted by atomic mass is 16.2. The van der Waals surface area contributed by atoms with Gasteiger partial charge in [0.25, 0.3) is 0 Å². The molecule has 3 rings (SSSR count). The van der Waals surface area contributed by atoms with Gasteiger partial charge in [0.1, 0.15) is 0 Å². The second kappa shape index (κ2) is 4.52. The molecule has 1 heterocycles. The van der Waals surface area contributed by atoms with Crippen LogP contribution in [-0.2, 0) is 4.79 Å². The predicted molar refractivity (Wildman–Crippen MR) is 72.2 cm³/mol. The lowest BCUT2D eigenvalue weighted by Gasteiger charge is -2.29. The Morgan fingerprint density at radius 1 is 1.33 bits per heavy atom. The van der Waals surface area contributed by atoms with Crippen LogP contribution in [0.5, 0.6) is 0 Å². The van der Waals surface area contributed by atoms with Gasteiger partial charge in [-0.15, -0.1) is 0 Å². The van der Waals surface area contributed by atoms with E-state index in [1.165, 1.54) is 25.7 Å². The van der Waals surface area contributed by atoms with Crippen molar-refractivity contribution in [3.8, 4) is 0 Å². The summed E-state index contributed by atoms with van der Waals surface area (Å²) in [6.07, 6.45) is 6.23. The van der Waals surface area contributed by atoms with Crippen LogP contribution in [0.15, 0.2) is 0 Å². The molecule has 1 atom stereocenters. The van der Waals surface area contributed by atoms with Crippen LogP contribution in [0, 0.1) is 17.3 Å². The topological polar surface area (TPSA) is 32.3 Å². The molecule has 2 saturated carbocycles. The van der Waals surface area contributed by atoms with Crippen LogP contribution in [0.3, 0.4) is 0 Å². The van der Waals surface area contributed by atoms with E-state index < -0.39 is 0 Å². The zero-order valence-corrected chi connectivity index (χ0v) is 11.7. The number of piperidine rings is 1. The van der Waals surface area contributed by atoms with Crippen molar-refractivity contribution in [3.63, 3.8) is 0 Å². The number of amides is 1. The molecule has 3 aliphatic rings. The number of nitrogens with one attached hydrogen (secondary N) is 1. The average Bonchev–Trinajstić information content (AvgIpc) is 3.24. The largest absolute Gasteiger partial charge is 0.340 e. The van der Waals surface area contributed by atoms with Crippen LogP contribution >= 0.6 is 0 Å². The summed E-state index contributed by atoms with van der Waals surface area (Å²) in [4.78, 5) is 14.9. The Morgan fingerprint density at radius 2 is 2.00 bits per heavy atom. The molecule has 3 nitrogen and oxygen atoms in total. The maximum Gasteiger partial charge on any atom is 0.226 e. The van der Waals surface area contributed by atoms with Crippen molar-refractivity contribution in [1.29, 1.82) is 0 Å². The van der Waals surface area contributed by atoms with Crippen LogP contribution in [0.1, 0.15) is 46.0 Å². The van der Waals surface area contributed by atoms with Crippen molar-refractivity contribution in [2.24, 2.45) is 17.3 Å². The van der Waals surface area contributed by atoms with Crippen molar-refractivity contribution in [2.75, 3.05) is 19.6 Å². The monoisotopic (exact) mass is 250 g/mol. The number of rotatable bonds is 4. The second-order valence-electron chi connectivity index (χ2n) is 6.90. The van der Waals surface area contributed by atoms with Gasteiger partial charge < -0.3 is 10.2 Å². The molecule has 1 N–H and O–H groups in total. The molecule has 0 aromatic heterocycles. The van der Waals surface area contributed by atoms with Crippen molar-refractivity contribution < 1.29 is 4.79 Å². The molecule has 3 fully saturated rings. The third-order valence-electron chi connectivity index (χ3n) is 5.15. The minimum absolute atomic E-state index is 0.348. The van der Waals surface area contributed by atoms with E-state index in [1.807, 2.05) is 0 Å². The fraction of sp³-hybridized carbons (Fsp3) is 0.933. The van der Waals surface area contributed by atoms with Crippen molar-refractivity contribution in [1.82, 2.24) is 10.2 Å². The van der Waals surface area contributed by atoms with E-state index in [9.17, 15) is 4.79 Å². The minimum Gasteiger partial charge on any atom is -0.340 e. The van der Waals surface area contributed by atoms with E-state index in [0.29, 0.717) is 23.3 Å². The number of nitrogens with zero attached hydrogens (tertiary/aromatic N) is 1. The van der Waals surface area contributed by atoms with E-state index in [2.05, 4.69) is 24.1 Å².